The normalized spacial score (nSPS) is 15.0. The molecule has 0 radical (unpaired) electrons. The summed E-state index contributed by atoms with van der Waals surface area (Å²) >= 11 is 0. The lowest BCUT2D eigenvalue weighted by Crippen LogP contribution is -2.44. The molecule has 1 aliphatic rings. The molecular formula is C21H24N6O. The largest absolute Gasteiger partial charge is 0.369 e. The Labute approximate surface area is 164 Å². The first-order valence-corrected chi connectivity index (χ1v) is 9.44. The highest BCUT2D eigenvalue weighted by molar-refractivity contribution is 5.76. The van der Waals surface area contributed by atoms with Crippen LogP contribution in [0.3, 0.4) is 0 Å². The molecule has 0 spiro atoms. The summed E-state index contributed by atoms with van der Waals surface area (Å²) in [6.45, 7) is 4.19. The molecule has 1 aliphatic heterocycles. The third-order valence-electron chi connectivity index (χ3n) is 4.98. The maximum atomic E-state index is 11.3. The van der Waals surface area contributed by atoms with E-state index >= 15 is 0 Å². The molecule has 1 amide bonds. The van der Waals surface area contributed by atoms with Gasteiger partial charge in [-0.15, -0.1) is 0 Å². The van der Waals surface area contributed by atoms with Gasteiger partial charge in [-0.1, -0.05) is 18.2 Å². The van der Waals surface area contributed by atoms with Gasteiger partial charge in [-0.3, -0.25) is 4.79 Å². The Bertz CT molecular complexity index is 943. The van der Waals surface area contributed by atoms with Gasteiger partial charge in [-0.05, 0) is 43.4 Å². The molecule has 28 heavy (non-hydrogen) atoms. The van der Waals surface area contributed by atoms with Gasteiger partial charge in [-0.25, -0.2) is 9.67 Å². The highest BCUT2D eigenvalue weighted by atomic mass is 16.1. The van der Waals surface area contributed by atoms with Crippen molar-refractivity contribution in [2.45, 2.75) is 6.42 Å². The fourth-order valence-corrected chi connectivity index (χ4v) is 3.41. The number of nitrogens with zero attached hydrogens (tertiary/aromatic N) is 5. The molecular weight excluding hydrogens is 352 g/mol. The van der Waals surface area contributed by atoms with E-state index in [4.69, 9.17) is 5.73 Å². The number of carbonyl (C=O) groups excluding carboxylic acids is 1. The van der Waals surface area contributed by atoms with Crippen molar-refractivity contribution >= 4 is 11.6 Å². The molecule has 0 saturated carbocycles. The predicted molar refractivity (Wildman–Crippen MR) is 109 cm³/mol. The van der Waals surface area contributed by atoms with Crippen LogP contribution < -0.4 is 10.6 Å². The summed E-state index contributed by atoms with van der Waals surface area (Å²) in [7, 11) is 2.15. The van der Waals surface area contributed by atoms with Gasteiger partial charge in [0.05, 0.1) is 12.1 Å². The summed E-state index contributed by atoms with van der Waals surface area (Å²) in [5, 5.41) is 4.51. The molecule has 1 saturated heterocycles. The van der Waals surface area contributed by atoms with Crippen LogP contribution >= 0.6 is 0 Å². The zero-order valence-corrected chi connectivity index (χ0v) is 16.0. The van der Waals surface area contributed by atoms with Crippen LogP contribution in [0.25, 0.3) is 17.1 Å². The predicted octanol–water partition coefficient (Wildman–Crippen LogP) is 1.71. The summed E-state index contributed by atoms with van der Waals surface area (Å²) in [5.41, 5.74) is 8.39. The third kappa shape index (κ3) is 3.89. The van der Waals surface area contributed by atoms with E-state index in [0.717, 1.165) is 37.4 Å². The van der Waals surface area contributed by atoms with Crippen molar-refractivity contribution in [1.82, 2.24) is 19.7 Å². The van der Waals surface area contributed by atoms with Gasteiger partial charge in [0.15, 0.2) is 11.6 Å². The molecule has 2 N–H and O–H groups in total. The van der Waals surface area contributed by atoms with Crippen molar-refractivity contribution in [1.29, 1.82) is 0 Å². The highest BCUT2D eigenvalue weighted by Gasteiger charge is 2.17. The van der Waals surface area contributed by atoms with Crippen LogP contribution in [-0.4, -0.2) is 58.8 Å². The monoisotopic (exact) mass is 376 g/mol. The van der Waals surface area contributed by atoms with E-state index in [0.29, 0.717) is 11.6 Å². The molecule has 0 bridgehead atoms. The number of amides is 1. The zero-order chi connectivity index (χ0) is 19.5. The zero-order valence-electron chi connectivity index (χ0n) is 16.0. The van der Waals surface area contributed by atoms with Crippen molar-refractivity contribution in [2.24, 2.45) is 5.73 Å². The number of nitrogens with two attached hydrogens (primary N) is 1. The topological polar surface area (TPSA) is 80.3 Å². The molecule has 4 rings (SSSR count). The van der Waals surface area contributed by atoms with Crippen molar-refractivity contribution in [2.75, 3.05) is 38.1 Å². The number of benzene rings is 2. The third-order valence-corrected chi connectivity index (χ3v) is 4.98. The van der Waals surface area contributed by atoms with Crippen molar-refractivity contribution in [3.05, 3.63) is 60.4 Å². The molecule has 144 valence electrons. The molecule has 0 unspecified atom stereocenters. The maximum Gasteiger partial charge on any atom is 0.225 e. The first kappa shape index (κ1) is 18.2. The van der Waals surface area contributed by atoms with Crippen LogP contribution in [0.1, 0.15) is 5.82 Å². The lowest BCUT2D eigenvalue weighted by molar-refractivity contribution is -0.117. The van der Waals surface area contributed by atoms with Crippen LogP contribution in [-0.2, 0) is 11.2 Å². The van der Waals surface area contributed by atoms with Crippen LogP contribution in [0.2, 0.25) is 0 Å². The number of piperazine rings is 1. The van der Waals surface area contributed by atoms with Gasteiger partial charge < -0.3 is 15.5 Å². The van der Waals surface area contributed by atoms with E-state index in [-0.39, 0.29) is 6.42 Å². The standard InChI is InChI=1S/C21H24N6O/c1-25-11-13-26(14-12-25)17-9-7-16(8-10-17)21-23-20(15-19(22)28)24-27(21)18-5-3-2-4-6-18/h2-10H,11-15H2,1H3,(H2,22,28). The summed E-state index contributed by atoms with van der Waals surface area (Å²) in [6, 6.07) is 18.1. The van der Waals surface area contributed by atoms with E-state index in [1.54, 1.807) is 4.68 Å². The second-order valence-corrected chi connectivity index (χ2v) is 7.08. The molecule has 7 nitrogen and oxygen atoms in total. The van der Waals surface area contributed by atoms with E-state index < -0.39 is 5.91 Å². The van der Waals surface area contributed by atoms with E-state index in [2.05, 4.69) is 51.2 Å². The van der Waals surface area contributed by atoms with Gasteiger partial charge in [0.2, 0.25) is 5.91 Å². The molecule has 0 aliphatic carbocycles. The molecule has 2 heterocycles. The Kier molecular flexibility index (Phi) is 5.08. The van der Waals surface area contributed by atoms with Crippen LogP contribution in [0.4, 0.5) is 5.69 Å². The summed E-state index contributed by atoms with van der Waals surface area (Å²) in [6.07, 6.45) is 0.0201. The molecule has 1 fully saturated rings. The number of hydrogen-bond donors (Lipinski definition) is 1. The smallest absolute Gasteiger partial charge is 0.225 e. The van der Waals surface area contributed by atoms with Crippen LogP contribution in [0, 0.1) is 0 Å². The van der Waals surface area contributed by atoms with Gasteiger partial charge in [-0.2, -0.15) is 5.10 Å². The lowest BCUT2D eigenvalue weighted by atomic mass is 10.1. The van der Waals surface area contributed by atoms with Crippen molar-refractivity contribution in [3.8, 4) is 17.1 Å². The number of rotatable bonds is 5. The molecule has 0 atom stereocenters. The minimum Gasteiger partial charge on any atom is -0.369 e. The van der Waals surface area contributed by atoms with Gasteiger partial charge in [0.25, 0.3) is 0 Å². The minimum absolute atomic E-state index is 0.0201. The summed E-state index contributed by atoms with van der Waals surface area (Å²) in [4.78, 5) is 20.6. The summed E-state index contributed by atoms with van der Waals surface area (Å²) in [5.74, 6) is 0.684. The fraction of sp³-hybridized carbons (Fsp3) is 0.286. The van der Waals surface area contributed by atoms with Gasteiger partial charge in [0.1, 0.15) is 0 Å². The second kappa shape index (κ2) is 7.82. The quantitative estimate of drug-likeness (QED) is 0.733. The molecule has 3 aromatic rings. The van der Waals surface area contributed by atoms with E-state index in [1.807, 2.05) is 30.3 Å². The molecule has 7 heteroatoms. The van der Waals surface area contributed by atoms with E-state index in [9.17, 15) is 4.79 Å². The molecule has 1 aromatic heterocycles. The highest BCUT2D eigenvalue weighted by Crippen LogP contribution is 2.25. The number of carbonyl (C=O) groups is 1. The minimum atomic E-state index is -0.442. The van der Waals surface area contributed by atoms with E-state index in [1.165, 1.54) is 5.69 Å². The fourth-order valence-electron chi connectivity index (χ4n) is 3.41. The number of aromatic nitrogens is 3. The molecule has 2 aromatic carbocycles. The first-order valence-electron chi connectivity index (χ1n) is 9.44. The van der Waals surface area contributed by atoms with Crippen LogP contribution in [0.15, 0.2) is 54.6 Å². The number of primary amides is 1. The first-order chi connectivity index (χ1) is 13.6. The average molecular weight is 376 g/mol. The Balaban J connectivity index is 1.66. The number of para-hydroxylation sites is 1. The SMILES string of the molecule is CN1CCN(c2ccc(-c3nc(CC(N)=O)nn3-c3ccccc3)cc2)CC1. The number of likely N-dealkylation sites (N-methyl/N-ethyl adjacent to an activating group) is 1. The van der Waals surface area contributed by atoms with Crippen molar-refractivity contribution < 1.29 is 4.79 Å². The number of anilines is 1. The van der Waals surface area contributed by atoms with Crippen LogP contribution in [0.5, 0.6) is 0 Å². The Morgan fingerprint density at radius 2 is 1.64 bits per heavy atom. The van der Waals surface area contributed by atoms with Crippen molar-refractivity contribution in [3.63, 3.8) is 0 Å². The Morgan fingerprint density at radius 3 is 2.29 bits per heavy atom. The maximum absolute atomic E-state index is 11.3. The number of hydrogen-bond acceptors (Lipinski definition) is 5. The second-order valence-electron chi connectivity index (χ2n) is 7.08. The van der Waals surface area contributed by atoms with Gasteiger partial charge in [0, 0.05) is 37.4 Å². The Morgan fingerprint density at radius 1 is 0.964 bits per heavy atom. The Hall–Kier alpha value is -3.19. The van der Waals surface area contributed by atoms with Gasteiger partial charge >= 0.3 is 0 Å². The summed E-state index contributed by atoms with van der Waals surface area (Å²) < 4.78 is 1.77. The lowest BCUT2D eigenvalue weighted by Gasteiger charge is -2.34. The average Bonchev–Trinajstić information content (AvgIpc) is 3.12.